The third-order valence-electron chi connectivity index (χ3n) is 5.99. The number of rotatable bonds is 10. The van der Waals surface area contributed by atoms with Gasteiger partial charge in [-0.1, -0.05) is 43.2 Å². The van der Waals surface area contributed by atoms with Crippen molar-refractivity contribution in [2.45, 2.75) is 25.7 Å². The number of carbonyl (C=O) groups excluding carboxylic acids is 2. The van der Waals surface area contributed by atoms with Crippen molar-refractivity contribution in [3.63, 3.8) is 0 Å². The number of ether oxygens (including phenoxy) is 2. The Morgan fingerprint density at radius 2 is 1.42 bits per heavy atom. The van der Waals surface area contributed by atoms with Gasteiger partial charge in [-0.25, -0.2) is 0 Å². The van der Waals surface area contributed by atoms with Crippen LogP contribution in [0.15, 0.2) is 78.9 Å². The van der Waals surface area contributed by atoms with E-state index < -0.39 is 0 Å². The number of anilines is 2. The fraction of sp³-hybridized carbons (Fsp3) is 0.310. The van der Waals surface area contributed by atoms with Crippen LogP contribution in [0.25, 0.3) is 0 Å². The summed E-state index contributed by atoms with van der Waals surface area (Å²) in [5.41, 5.74) is 2.03. The number of benzene rings is 3. The van der Waals surface area contributed by atoms with E-state index in [1.807, 2.05) is 59.5 Å². The topological polar surface area (TPSA) is 79.9 Å². The van der Waals surface area contributed by atoms with Crippen LogP contribution in [0.5, 0.6) is 11.5 Å². The molecule has 1 saturated heterocycles. The summed E-state index contributed by atoms with van der Waals surface area (Å²) in [4.78, 5) is 27.2. The molecular formula is C29H33N3O4. The summed E-state index contributed by atoms with van der Waals surface area (Å²) in [5, 5.41) is 6.00. The van der Waals surface area contributed by atoms with E-state index in [9.17, 15) is 9.59 Å². The van der Waals surface area contributed by atoms with Crippen LogP contribution >= 0.6 is 0 Å². The second-order valence-electron chi connectivity index (χ2n) is 8.69. The van der Waals surface area contributed by atoms with E-state index in [4.69, 9.17) is 9.47 Å². The first-order chi connectivity index (χ1) is 17.7. The molecule has 0 unspecified atom stereocenters. The van der Waals surface area contributed by atoms with E-state index in [0.717, 1.165) is 37.4 Å². The molecule has 0 atom stereocenters. The van der Waals surface area contributed by atoms with Crippen molar-refractivity contribution in [2.75, 3.05) is 43.5 Å². The molecule has 36 heavy (non-hydrogen) atoms. The highest BCUT2D eigenvalue weighted by molar-refractivity contribution is 5.96. The van der Waals surface area contributed by atoms with Gasteiger partial charge in [-0.15, -0.1) is 0 Å². The molecule has 7 nitrogen and oxygen atoms in total. The van der Waals surface area contributed by atoms with E-state index in [-0.39, 0.29) is 18.4 Å². The molecule has 0 aliphatic carbocycles. The van der Waals surface area contributed by atoms with Gasteiger partial charge >= 0.3 is 0 Å². The SMILES string of the molecule is O=C(CNc1ccccc1OCCOc1ccccc1)Nc1ccc(C(=O)N2CCCCCC2)cc1. The molecule has 1 aliphatic rings. The van der Waals surface area contributed by atoms with Crippen LogP contribution in [0, 0.1) is 0 Å². The molecule has 1 aliphatic heterocycles. The van der Waals surface area contributed by atoms with Crippen molar-refractivity contribution < 1.29 is 19.1 Å². The Morgan fingerprint density at radius 1 is 0.750 bits per heavy atom. The maximum atomic E-state index is 12.8. The van der Waals surface area contributed by atoms with Crippen molar-refractivity contribution in [2.24, 2.45) is 0 Å². The Hall–Kier alpha value is -4.00. The maximum Gasteiger partial charge on any atom is 0.253 e. The van der Waals surface area contributed by atoms with E-state index in [0.29, 0.717) is 30.2 Å². The third kappa shape index (κ3) is 7.50. The minimum Gasteiger partial charge on any atom is -0.490 e. The fourth-order valence-electron chi connectivity index (χ4n) is 4.10. The predicted molar refractivity (Wildman–Crippen MR) is 142 cm³/mol. The minimum atomic E-state index is -0.191. The predicted octanol–water partition coefficient (Wildman–Crippen LogP) is 5.21. The average Bonchev–Trinajstić information content (AvgIpc) is 3.21. The summed E-state index contributed by atoms with van der Waals surface area (Å²) in [6.45, 7) is 2.50. The van der Waals surface area contributed by atoms with Crippen LogP contribution in [0.1, 0.15) is 36.0 Å². The van der Waals surface area contributed by atoms with Crippen LogP contribution in [-0.4, -0.2) is 49.6 Å². The summed E-state index contributed by atoms with van der Waals surface area (Å²) >= 11 is 0. The Morgan fingerprint density at radius 3 is 2.17 bits per heavy atom. The highest BCUT2D eigenvalue weighted by atomic mass is 16.5. The third-order valence-corrected chi connectivity index (χ3v) is 5.99. The Kier molecular flexibility index (Phi) is 9.19. The summed E-state index contributed by atoms with van der Waals surface area (Å²) < 4.78 is 11.5. The van der Waals surface area contributed by atoms with Gasteiger partial charge in [0.2, 0.25) is 5.91 Å². The molecule has 4 rings (SSSR count). The Bertz CT molecular complexity index is 1110. The standard InChI is InChI=1S/C29H33N3O4/c33-28(31-24-16-14-23(15-17-24)29(34)32-18-8-1-2-9-19-32)22-30-26-12-6-7-13-27(26)36-21-20-35-25-10-4-3-5-11-25/h3-7,10-17,30H,1-2,8-9,18-22H2,(H,31,33). The van der Waals surface area contributed by atoms with E-state index in [2.05, 4.69) is 10.6 Å². The highest BCUT2D eigenvalue weighted by Crippen LogP contribution is 2.23. The molecule has 1 heterocycles. The van der Waals surface area contributed by atoms with Crippen LogP contribution < -0.4 is 20.1 Å². The minimum absolute atomic E-state index is 0.0576. The lowest BCUT2D eigenvalue weighted by molar-refractivity contribution is -0.114. The number of nitrogens with one attached hydrogen (secondary N) is 2. The van der Waals surface area contributed by atoms with Gasteiger partial charge in [0.15, 0.2) is 0 Å². The fourth-order valence-corrected chi connectivity index (χ4v) is 4.10. The lowest BCUT2D eigenvalue weighted by Crippen LogP contribution is -2.31. The zero-order valence-corrected chi connectivity index (χ0v) is 20.4. The van der Waals surface area contributed by atoms with Gasteiger partial charge in [0, 0.05) is 24.3 Å². The zero-order valence-electron chi connectivity index (χ0n) is 20.4. The molecule has 188 valence electrons. The molecular weight excluding hydrogens is 454 g/mol. The number of hydrogen-bond acceptors (Lipinski definition) is 5. The van der Waals surface area contributed by atoms with Crippen molar-refractivity contribution in [1.29, 1.82) is 0 Å². The average molecular weight is 488 g/mol. The summed E-state index contributed by atoms with van der Waals surface area (Å²) in [7, 11) is 0. The Labute approximate surface area is 212 Å². The van der Waals surface area contributed by atoms with Gasteiger partial charge in [0.25, 0.3) is 5.91 Å². The van der Waals surface area contributed by atoms with Crippen molar-refractivity contribution in [3.05, 3.63) is 84.4 Å². The first kappa shape index (κ1) is 25.1. The zero-order chi connectivity index (χ0) is 25.0. The summed E-state index contributed by atoms with van der Waals surface area (Å²) in [6.07, 6.45) is 4.48. The van der Waals surface area contributed by atoms with Gasteiger partial charge in [0.05, 0.1) is 12.2 Å². The molecule has 0 aromatic heterocycles. The van der Waals surface area contributed by atoms with E-state index >= 15 is 0 Å². The van der Waals surface area contributed by atoms with Gasteiger partial charge < -0.3 is 25.0 Å². The first-order valence-electron chi connectivity index (χ1n) is 12.5. The van der Waals surface area contributed by atoms with Crippen LogP contribution in [0.2, 0.25) is 0 Å². The van der Waals surface area contributed by atoms with E-state index in [1.54, 1.807) is 24.3 Å². The molecule has 1 fully saturated rings. The maximum absolute atomic E-state index is 12.8. The van der Waals surface area contributed by atoms with Crippen molar-refractivity contribution >= 4 is 23.2 Å². The molecule has 0 saturated carbocycles. The van der Waals surface area contributed by atoms with Crippen LogP contribution in [-0.2, 0) is 4.79 Å². The molecule has 7 heteroatoms. The first-order valence-corrected chi connectivity index (χ1v) is 12.5. The normalized spacial score (nSPS) is 13.4. The summed E-state index contributed by atoms with van der Waals surface area (Å²) in [5.74, 6) is 1.31. The number of hydrogen-bond donors (Lipinski definition) is 2. The number of nitrogens with zero attached hydrogens (tertiary/aromatic N) is 1. The van der Waals surface area contributed by atoms with Crippen molar-refractivity contribution in [1.82, 2.24) is 4.90 Å². The molecule has 0 spiro atoms. The van der Waals surface area contributed by atoms with Gasteiger partial charge in [-0.3, -0.25) is 9.59 Å². The van der Waals surface area contributed by atoms with Crippen LogP contribution in [0.4, 0.5) is 11.4 Å². The molecule has 2 N–H and O–H groups in total. The summed E-state index contributed by atoms with van der Waals surface area (Å²) in [6, 6.07) is 24.1. The van der Waals surface area contributed by atoms with Gasteiger partial charge in [-0.2, -0.15) is 0 Å². The second-order valence-corrected chi connectivity index (χ2v) is 8.69. The highest BCUT2D eigenvalue weighted by Gasteiger charge is 2.17. The number of likely N-dealkylation sites (tertiary alicyclic amines) is 1. The smallest absolute Gasteiger partial charge is 0.253 e. The number of para-hydroxylation sites is 3. The lowest BCUT2D eigenvalue weighted by Gasteiger charge is -2.20. The van der Waals surface area contributed by atoms with Crippen molar-refractivity contribution in [3.8, 4) is 11.5 Å². The molecule has 2 amide bonds. The van der Waals surface area contributed by atoms with Crippen LogP contribution in [0.3, 0.4) is 0 Å². The second kappa shape index (κ2) is 13.2. The molecule has 0 radical (unpaired) electrons. The molecule has 0 bridgehead atoms. The quantitative estimate of drug-likeness (QED) is 0.384. The number of amides is 2. The van der Waals surface area contributed by atoms with Gasteiger partial charge in [0.1, 0.15) is 24.7 Å². The largest absolute Gasteiger partial charge is 0.490 e. The van der Waals surface area contributed by atoms with E-state index in [1.165, 1.54) is 12.8 Å². The molecule has 3 aromatic rings. The Balaban J connectivity index is 1.23. The lowest BCUT2D eigenvalue weighted by atomic mass is 10.1. The number of carbonyl (C=O) groups is 2. The molecule has 3 aromatic carbocycles. The monoisotopic (exact) mass is 487 g/mol. The van der Waals surface area contributed by atoms with Gasteiger partial charge in [-0.05, 0) is 61.4 Å².